The average Bonchev–Trinajstić information content (AvgIpc) is 3.26. The number of hydrogen-bond donors (Lipinski definition) is 1. The van der Waals surface area contributed by atoms with Gasteiger partial charge in [0.25, 0.3) is 0 Å². The van der Waals surface area contributed by atoms with Gasteiger partial charge in [0.05, 0.1) is 5.41 Å². The first kappa shape index (κ1) is 17.1. The van der Waals surface area contributed by atoms with Crippen molar-refractivity contribution in [3.63, 3.8) is 0 Å². The smallest absolute Gasteiger partial charge is 0.233 e. The van der Waals surface area contributed by atoms with Gasteiger partial charge in [-0.2, -0.15) is 0 Å². The van der Waals surface area contributed by atoms with E-state index in [9.17, 15) is 4.79 Å². The van der Waals surface area contributed by atoms with Gasteiger partial charge in [0.2, 0.25) is 5.91 Å². The van der Waals surface area contributed by atoms with Gasteiger partial charge in [-0.3, -0.25) is 4.79 Å². The lowest BCUT2D eigenvalue weighted by Crippen LogP contribution is -2.40. The van der Waals surface area contributed by atoms with Crippen LogP contribution in [0.1, 0.15) is 31.2 Å². The minimum Gasteiger partial charge on any atom is -0.342 e. The largest absolute Gasteiger partial charge is 0.342 e. The van der Waals surface area contributed by atoms with Crippen molar-refractivity contribution < 1.29 is 4.79 Å². The van der Waals surface area contributed by atoms with Crippen molar-refractivity contribution in [3.05, 3.63) is 34.9 Å². The molecule has 0 radical (unpaired) electrons. The number of carbonyl (C=O) groups excluding carboxylic acids is 1. The maximum atomic E-state index is 13.1. The normalized spacial score (nSPS) is 28.5. The Hall–Kier alpha value is -0.770. The minimum absolute atomic E-state index is 0. The van der Waals surface area contributed by atoms with E-state index < -0.39 is 0 Å². The number of benzene rings is 1. The Bertz CT molecular complexity index is 557. The van der Waals surface area contributed by atoms with Crippen molar-refractivity contribution in [1.29, 1.82) is 0 Å². The number of fused-ring (bicyclic) bond motifs is 1. The summed E-state index contributed by atoms with van der Waals surface area (Å²) < 4.78 is 0. The highest BCUT2D eigenvalue weighted by Crippen LogP contribution is 2.50. The Kier molecular flexibility index (Phi) is 4.91. The maximum Gasteiger partial charge on any atom is 0.233 e. The quantitative estimate of drug-likeness (QED) is 0.883. The summed E-state index contributed by atoms with van der Waals surface area (Å²) in [5.74, 6) is 1.88. The molecule has 5 heteroatoms. The van der Waals surface area contributed by atoms with Crippen LogP contribution < -0.4 is 5.32 Å². The van der Waals surface area contributed by atoms with Gasteiger partial charge in [-0.15, -0.1) is 12.4 Å². The Morgan fingerprint density at radius 2 is 1.65 bits per heavy atom. The van der Waals surface area contributed by atoms with Crippen molar-refractivity contribution in [2.75, 3.05) is 26.2 Å². The standard InChI is InChI=1S/C18H23ClN2O.ClH/c19-16-3-1-15(2-4-16)18(7-8-18)17(22)21-9-5-13-11-20-12-14(13)6-10-21;/h1-4,13-14,20H,5-12H2;1H/t13-,14+;. The summed E-state index contributed by atoms with van der Waals surface area (Å²) in [6.45, 7) is 4.12. The highest BCUT2D eigenvalue weighted by molar-refractivity contribution is 6.30. The number of halogens is 2. The van der Waals surface area contributed by atoms with Gasteiger partial charge in [0.15, 0.2) is 0 Å². The van der Waals surface area contributed by atoms with E-state index >= 15 is 0 Å². The maximum absolute atomic E-state index is 13.1. The molecule has 23 heavy (non-hydrogen) atoms. The first-order chi connectivity index (χ1) is 10.7. The Morgan fingerprint density at radius 3 is 2.17 bits per heavy atom. The fourth-order valence-corrected chi connectivity index (χ4v) is 4.37. The Balaban J connectivity index is 0.00000156. The summed E-state index contributed by atoms with van der Waals surface area (Å²) in [5, 5.41) is 4.23. The molecule has 0 aromatic heterocycles. The SMILES string of the molecule is Cl.O=C(N1CC[C@@H]2CNC[C@@H]2CC1)C1(c2ccc(Cl)cc2)CC1. The van der Waals surface area contributed by atoms with Crippen LogP contribution in [-0.4, -0.2) is 37.0 Å². The summed E-state index contributed by atoms with van der Waals surface area (Å²) in [7, 11) is 0. The predicted molar refractivity (Wildman–Crippen MR) is 95.3 cm³/mol. The molecule has 2 aliphatic heterocycles. The molecule has 2 atom stereocenters. The highest BCUT2D eigenvalue weighted by Gasteiger charge is 2.53. The van der Waals surface area contributed by atoms with Crippen molar-refractivity contribution in [2.24, 2.45) is 11.8 Å². The monoisotopic (exact) mass is 354 g/mol. The van der Waals surface area contributed by atoms with Gasteiger partial charge in [-0.25, -0.2) is 0 Å². The van der Waals surface area contributed by atoms with Crippen LogP contribution >= 0.6 is 24.0 Å². The van der Waals surface area contributed by atoms with Crippen molar-refractivity contribution in [3.8, 4) is 0 Å². The number of hydrogen-bond acceptors (Lipinski definition) is 2. The van der Waals surface area contributed by atoms with Crippen LogP contribution in [0.4, 0.5) is 0 Å². The second kappa shape index (κ2) is 6.62. The van der Waals surface area contributed by atoms with Crippen LogP contribution in [0.5, 0.6) is 0 Å². The molecule has 1 amide bonds. The summed E-state index contributed by atoms with van der Waals surface area (Å²) in [5.41, 5.74) is 0.899. The van der Waals surface area contributed by atoms with E-state index in [2.05, 4.69) is 10.2 Å². The van der Waals surface area contributed by atoms with Gasteiger partial charge in [0, 0.05) is 18.1 Å². The molecule has 2 heterocycles. The topological polar surface area (TPSA) is 32.3 Å². The second-order valence-corrected chi connectivity index (χ2v) is 7.57. The van der Waals surface area contributed by atoms with E-state index in [1.807, 2.05) is 24.3 Å². The van der Waals surface area contributed by atoms with Crippen LogP contribution in [0.25, 0.3) is 0 Å². The van der Waals surface area contributed by atoms with Crippen LogP contribution in [0, 0.1) is 11.8 Å². The first-order valence-electron chi connectivity index (χ1n) is 8.45. The predicted octanol–water partition coefficient (Wildman–Crippen LogP) is 3.25. The molecule has 3 fully saturated rings. The second-order valence-electron chi connectivity index (χ2n) is 7.14. The van der Waals surface area contributed by atoms with E-state index in [4.69, 9.17) is 11.6 Å². The van der Waals surface area contributed by atoms with Crippen LogP contribution in [0.2, 0.25) is 5.02 Å². The van der Waals surface area contributed by atoms with Crippen molar-refractivity contribution in [1.82, 2.24) is 10.2 Å². The van der Waals surface area contributed by atoms with Crippen LogP contribution in [0.15, 0.2) is 24.3 Å². The molecule has 126 valence electrons. The van der Waals surface area contributed by atoms with Crippen molar-refractivity contribution >= 4 is 29.9 Å². The molecule has 1 aromatic rings. The fraction of sp³-hybridized carbons (Fsp3) is 0.611. The number of carbonyl (C=O) groups is 1. The molecule has 2 saturated heterocycles. The number of nitrogens with zero attached hydrogens (tertiary/aromatic N) is 1. The number of likely N-dealkylation sites (tertiary alicyclic amines) is 1. The lowest BCUT2D eigenvalue weighted by Gasteiger charge is -2.26. The lowest BCUT2D eigenvalue weighted by molar-refractivity contribution is -0.134. The zero-order chi connectivity index (χ0) is 15.2. The third-order valence-corrected chi connectivity index (χ3v) is 6.11. The molecule has 0 spiro atoms. The molecular formula is C18H24Cl2N2O. The molecule has 0 bridgehead atoms. The molecular weight excluding hydrogens is 331 g/mol. The molecule has 1 aromatic carbocycles. The van der Waals surface area contributed by atoms with Crippen molar-refractivity contribution in [2.45, 2.75) is 31.1 Å². The van der Waals surface area contributed by atoms with Gasteiger partial charge in [-0.1, -0.05) is 23.7 Å². The summed E-state index contributed by atoms with van der Waals surface area (Å²) in [4.78, 5) is 15.3. The zero-order valence-electron chi connectivity index (χ0n) is 13.3. The van der Waals surface area contributed by atoms with E-state index in [0.717, 1.165) is 74.3 Å². The number of nitrogens with one attached hydrogen (secondary N) is 1. The molecule has 1 aliphatic carbocycles. The van der Waals surface area contributed by atoms with Gasteiger partial charge < -0.3 is 10.2 Å². The van der Waals surface area contributed by atoms with Crippen LogP contribution in [-0.2, 0) is 10.2 Å². The van der Waals surface area contributed by atoms with E-state index in [1.165, 1.54) is 0 Å². The van der Waals surface area contributed by atoms with E-state index in [1.54, 1.807) is 0 Å². The summed E-state index contributed by atoms with van der Waals surface area (Å²) in [6.07, 6.45) is 4.27. The third kappa shape index (κ3) is 3.11. The molecule has 4 rings (SSSR count). The van der Waals surface area contributed by atoms with Gasteiger partial charge >= 0.3 is 0 Å². The Morgan fingerprint density at radius 1 is 1.09 bits per heavy atom. The number of rotatable bonds is 2. The fourth-order valence-electron chi connectivity index (χ4n) is 4.24. The molecule has 0 unspecified atom stereocenters. The molecule has 1 N–H and O–H groups in total. The molecule has 3 nitrogen and oxygen atoms in total. The highest BCUT2D eigenvalue weighted by atomic mass is 35.5. The summed E-state index contributed by atoms with van der Waals surface area (Å²) >= 11 is 5.99. The lowest BCUT2D eigenvalue weighted by atomic mass is 9.92. The van der Waals surface area contributed by atoms with Gasteiger partial charge in [-0.05, 0) is 68.3 Å². The van der Waals surface area contributed by atoms with E-state index in [0.29, 0.717) is 5.91 Å². The zero-order valence-corrected chi connectivity index (χ0v) is 14.8. The van der Waals surface area contributed by atoms with E-state index in [-0.39, 0.29) is 17.8 Å². The molecule has 1 saturated carbocycles. The minimum atomic E-state index is -0.248. The summed E-state index contributed by atoms with van der Waals surface area (Å²) in [6, 6.07) is 7.87. The first-order valence-corrected chi connectivity index (χ1v) is 8.83. The Labute approximate surface area is 149 Å². The number of amides is 1. The molecule has 3 aliphatic rings. The average molecular weight is 355 g/mol. The van der Waals surface area contributed by atoms with Crippen LogP contribution in [0.3, 0.4) is 0 Å². The van der Waals surface area contributed by atoms with Gasteiger partial charge in [0.1, 0.15) is 0 Å². The third-order valence-electron chi connectivity index (χ3n) is 5.86.